The van der Waals surface area contributed by atoms with Gasteiger partial charge in [-0.1, -0.05) is 6.92 Å². The molecule has 0 aliphatic rings. The summed E-state index contributed by atoms with van der Waals surface area (Å²) in [6, 6.07) is 1.90. The summed E-state index contributed by atoms with van der Waals surface area (Å²) in [7, 11) is 0. The molecule has 0 radical (unpaired) electrons. The van der Waals surface area contributed by atoms with E-state index in [-0.39, 0.29) is 11.8 Å². The van der Waals surface area contributed by atoms with Gasteiger partial charge in [0, 0.05) is 29.4 Å². The predicted molar refractivity (Wildman–Crippen MR) is 79.9 cm³/mol. The van der Waals surface area contributed by atoms with E-state index >= 15 is 0 Å². The van der Waals surface area contributed by atoms with Crippen molar-refractivity contribution >= 4 is 51.2 Å². The topological polar surface area (TPSA) is 42.0 Å². The smallest absolute Gasteiger partial charge is 0.252 e. The van der Waals surface area contributed by atoms with Crippen LogP contribution in [0.4, 0.5) is 0 Å². The fourth-order valence-corrected chi connectivity index (χ4v) is 3.37. The van der Waals surface area contributed by atoms with E-state index in [0.717, 1.165) is 13.5 Å². The number of amides is 1. The summed E-state index contributed by atoms with van der Waals surface area (Å²) in [4.78, 5) is 16.0. The lowest BCUT2D eigenvalue weighted by Crippen LogP contribution is -2.27. The van der Waals surface area contributed by atoms with E-state index in [4.69, 9.17) is 0 Å². The highest BCUT2D eigenvalue weighted by atomic mass is 127. The van der Waals surface area contributed by atoms with Crippen LogP contribution in [0.1, 0.15) is 28.2 Å². The summed E-state index contributed by atoms with van der Waals surface area (Å²) in [5.41, 5.74) is 0.741. The lowest BCUT2D eigenvalue weighted by atomic mass is 10.2. The Morgan fingerprint density at radius 2 is 2.41 bits per heavy atom. The van der Waals surface area contributed by atoms with Gasteiger partial charge in [0.2, 0.25) is 0 Å². The van der Waals surface area contributed by atoms with Crippen LogP contribution in [0.5, 0.6) is 0 Å². The summed E-state index contributed by atoms with van der Waals surface area (Å²) in [6.45, 7) is 2.69. The van der Waals surface area contributed by atoms with E-state index in [0.29, 0.717) is 6.54 Å². The van der Waals surface area contributed by atoms with Crippen LogP contribution in [0, 0.1) is 2.88 Å². The number of nitrogens with one attached hydrogen (secondary N) is 1. The van der Waals surface area contributed by atoms with Crippen molar-refractivity contribution in [3.05, 3.63) is 36.5 Å². The number of halogens is 1. The van der Waals surface area contributed by atoms with E-state index in [9.17, 15) is 4.79 Å². The summed E-state index contributed by atoms with van der Waals surface area (Å²) < 4.78 is 1.13. The highest BCUT2D eigenvalue weighted by molar-refractivity contribution is 14.1. The number of thiazole rings is 1. The zero-order valence-electron chi connectivity index (χ0n) is 9.14. The van der Waals surface area contributed by atoms with Gasteiger partial charge in [0.25, 0.3) is 5.91 Å². The third kappa shape index (κ3) is 3.49. The largest absolute Gasteiger partial charge is 0.351 e. The fraction of sp³-hybridized carbons (Fsp3) is 0.273. The van der Waals surface area contributed by atoms with Crippen molar-refractivity contribution in [2.24, 2.45) is 0 Å². The molecule has 6 heteroatoms. The summed E-state index contributed by atoms with van der Waals surface area (Å²) in [5.74, 6) is 0.254. The minimum Gasteiger partial charge on any atom is -0.351 e. The molecule has 0 saturated carbocycles. The minimum absolute atomic E-state index is 0.00688. The molecule has 2 heterocycles. The zero-order chi connectivity index (χ0) is 12.3. The molecule has 1 amide bonds. The van der Waals surface area contributed by atoms with E-state index < -0.39 is 0 Å². The molecular formula is C11H11IN2OS2. The summed E-state index contributed by atoms with van der Waals surface area (Å²) >= 11 is 5.42. The quantitative estimate of drug-likeness (QED) is 0.830. The maximum atomic E-state index is 11.8. The van der Waals surface area contributed by atoms with Gasteiger partial charge in [-0.15, -0.1) is 22.7 Å². The first-order chi connectivity index (χ1) is 8.16. The second-order valence-electron chi connectivity index (χ2n) is 3.62. The highest BCUT2D eigenvalue weighted by Gasteiger charge is 2.12. The SMILES string of the molecule is CC(CNC(=O)c1csc(I)c1)c1nccs1. The van der Waals surface area contributed by atoms with E-state index in [1.54, 1.807) is 28.9 Å². The van der Waals surface area contributed by atoms with Gasteiger partial charge in [0.05, 0.1) is 13.5 Å². The zero-order valence-corrected chi connectivity index (χ0v) is 12.9. The van der Waals surface area contributed by atoms with Crippen molar-refractivity contribution in [1.82, 2.24) is 10.3 Å². The molecule has 0 bridgehead atoms. The third-order valence-corrected chi connectivity index (χ3v) is 5.07. The average Bonchev–Trinajstić information content (AvgIpc) is 2.95. The van der Waals surface area contributed by atoms with Crippen molar-refractivity contribution in [3.63, 3.8) is 0 Å². The van der Waals surface area contributed by atoms with Gasteiger partial charge in [-0.2, -0.15) is 0 Å². The number of rotatable bonds is 4. The van der Waals surface area contributed by atoms with Gasteiger partial charge in [0.1, 0.15) is 0 Å². The number of thiophene rings is 1. The summed E-state index contributed by atoms with van der Waals surface area (Å²) in [6.07, 6.45) is 1.79. The van der Waals surface area contributed by atoms with Crippen LogP contribution in [0.25, 0.3) is 0 Å². The Balaban J connectivity index is 1.88. The number of carbonyl (C=O) groups is 1. The maximum absolute atomic E-state index is 11.8. The van der Waals surface area contributed by atoms with Gasteiger partial charge in [-0.05, 0) is 28.7 Å². The van der Waals surface area contributed by atoms with Gasteiger partial charge >= 0.3 is 0 Å². The van der Waals surface area contributed by atoms with Crippen LogP contribution in [-0.4, -0.2) is 17.4 Å². The third-order valence-electron chi connectivity index (χ3n) is 2.27. The molecule has 1 atom stereocenters. The van der Waals surface area contributed by atoms with Crippen LogP contribution >= 0.6 is 45.3 Å². The average molecular weight is 378 g/mol. The number of carbonyl (C=O) groups excluding carboxylic acids is 1. The number of aromatic nitrogens is 1. The lowest BCUT2D eigenvalue weighted by molar-refractivity contribution is 0.0952. The Morgan fingerprint density at radius 3 is 3.00 bits per heavy atom. The van der Waals surface area contributed by atoms with Crippen molar-refractivity contribution < 1.29 is 4.79 Å². The van der Waals surface area contributed by atoms with Gasteiger partial charge < -0.3 is 5.32 Å². The molecule has 17 heavy (non-hydrogen) atoms. The molecule has 2 aromatic heterocycles. The number of hydrogen-bond donors (Lipinski definition) is 1. The molecule has 0 aliphatic carbocycles. The van der Waals surface area contributed by atoms with Gasteiger partial charge in [0.15, 0.2) is 0 Å². The summed E-state index contributed by atoms with van der Waals surface area (Å²) in [5, 5.41) is 7.83. The normalized spacial score (nSPS) is 12.4. The molecule has 0 saturated heterocycles. The standard InChI is InChI=1S/C11H11IN2OS2/c1-7(11-13-2-3-16-11)5-14-10(15)8-4-9(12)17-6-8/h2-4,6-7H,5H2,1H3,(H,14,15). The molecule has 3 nitrogen and oxygen atoms in total. The van der Waals surface area contributed by atoms with E-state index in [1.165, 1.54) is 0 Å². The Kier molecular flexibility index (Phi) is 4.52. The molecule has 2 aromatic rings. The Hall–Kier alpha value is -0.470. The van der Waals surface area contributed by atoms with Crippen LogP contribution in [-0.2, 0) is 0 Å². The Morgan fingerprint density at radius 1 is 1.59 bits per heavy atom. The monoisotopic (exact) mass is 378 g/mol. The Labute approximate surface area is 121 Å². The maximum Gasteiger partial charge on any atom is 0.252 e. The first-order valence-corrected chi connectivity index (χ1v) is 7.92. The fourth-order valence-electron chi connectivity index (χ4n) is 1.34. The Bertz CT molecular complexity index is 495. The molecule has 1 unspecified atom stereocenters. The van der Waals surface area contributed by atoms with Crippen molar-refractivity contribution in [1.29, 1.82) is 0 Å². The highest BCUT2D eigenvalue weighted by Crippen LogP contribution is 2.18. The van der Waals surface area contributed by atoms with Crippen molar-refractivity contribution in [3.8, 4) is 0 Å². The van der Waals surface area contributed by atoms with Crippen molar-refractivity contribution in [2.45, 2.75) is 12.8 Å². The van der Waals surface area contributed by atoms with E-state index in [2.05, 4.69) is 39.8 Å². The lowest BCUT2D eigenvalue weighted by Gasteiger charge is -2.09. The molecule has 90 valence electrons. The molecule has 0 aromatic carbocycles. The second-order valence-corrected chi connectivity index (χ2v) is 7.35. The predicted octanol–water partition coefficient (Wildman–Crippen LogP) is 3.34. The van der Waals surface area contributed by atoms with Crippen LogP contribution < -0.4 is 5.32 Å². The van der Waals surface area contributed by atoms with Crippen LogP contribution in [0.15, 0.2) is 23.0 Å². The van der Waals surface area contributed by atoms with Crippen molar-refractivity contribution in [2.75, 3.05) is 6.54 Å². The first kappa shape index (κ1) is 13.0. The number of nitrogens with zero attached hydrogens (tertiary/aromatic N) is 1. The molecule has 1 N–H and O–H groups in total. The van der Waals surface area contributed by atoms with E-state index in [1.807, 2.05) is 16.8 Å². The molecule has 2 rings (SSSR count). The van der Waals surface area contributed by atoms with Gasteiger partial charge in [-0.3, -0.25) is 4.79 Å². The molecule has 0 aliphatic heterocycles. The van der Waals surface area contributed by atoms with Crippen LogP contribution in [0.2, 0.25) is 0 Å². The molecule has 0 spiro atoms. The first-order valence-electron chi connectivity index (χ1n) is 5.08. The van der Waals surface area contributed by atoms with Crippen LogP contribution in [0.3, 0.4) is 0 Å². The second kappa shape index (κ2) is 5.92. The van der Waals surface area contributed by atoms with Gasteiger partial charge in [-0.25, -0.2) is 4.98 Å². The molecule has 0 fully saturated rings. The number of hydrogen-bond acceptors (Lipinski definition) is 4. The molecular weight excluding hydrogens is 367 g/mol. The minimum atomic E-state index is -0.00688.